The van der Waals surface area contributed by atoms with Gasteiger partial charge in [0.15, 0.2) is 0 Å². The van der Waals surface area contributed by atoms with Crippen LogP contribution in [0.15, 0.2) is 0 Å². The van der Waals surface area contributed by atoms with Gasteiger partial charge in [0.2, 0.25) is 5.91 Å². The van der Waals surface area contributed by atoms with Gasteiger partial charge in [-0.15, -0.1) is 0 Å². The maximum Gasteiger partial charge on any atom is 0.223 e. The molecule has 2 rings (SSSR count). The fraction of sp³-hybridized carbons (Fsp3) is 0.917. The lowest BCUT2D eigenvalue weighted by molar-refractivity contribution is -0.123. The smallest absolute Gasteiger partial charge is 0.223 e. The van der Waals surface area contributed by atoms with E-state index in [1.807, 2.05) is 0 Å². The van der Waals surface area contributed by atoms with Crippen molar-refractivity contribution in [3.8, 4) is 0 Å². The zero-order valence-electron chi connectivity index (χ0n) is 9.31. The quantitative estimate of drug-likeness (QED) is 0.720. The molecule has 1 atom stereocenters. The molecule has 2 aliphatic rings. The van der Waals surface area contributed by atoms with Crippen molar-refractivity contribution in [2.75, 3.05) is 0 Å². The third-order valence-corrected chi connectivity index (χ3v) is 3.78. The predicted octanol–water partition coefficient (Wildman–Crippen LogP) is 2.48. The van der Waals surface area contributed by atoms with Crippen LogP contribution in [0, 0.1) is 11.3 Å². The maximum atomic E-state index is 11.8. The summed E-state index contributed by atoms with van der Waals surface area (Å²) in [5, 5.41) is 3.20. The van der Waals surface area contributed by atoms with Gasteiger partial charge in [-0.05, 0) is 24.7 Å². The summed E-state index contributed by atoms with van der Waals surface area (Å²) < 4.78 is 0. The highest BCUT2D eigenvalue weighted by Gasteiger charge is 2.50. The summed E-state index contributed by atoms with van der Waals surface area (Å²) in [4.78, 5) is 11.8. The Morgan fingerprint density at radius 3 is 2.29 bits per heavy atom. The number of carbonyl (C=O) groups excluding carboxylic acids is 1. The van der Waals surface area contributed by atoms with Gasteiger partial charge < -0.3 is 5.32 Å². The van der Waals surface area contributed by atoms with Crippen molar-refractivity contribution in [3.05, 3.63) is 0 Å². The van der Waals surface area contributed by atoms with Crippen molar-refractivity contribution in [1.29, 1.82) is 0 Å². The molecule has 2 heteroatoms. The largest absolute Gasteiger partial charge is 0.353 e. The van der Waals surface area contributed by atoms with E-state index in [1.54, 1.807) is 0 Å². The monoisotopic (exact) mass is 195 g/mol. The SMILES string of the molecule is CC1(C)CC1C(=O)NC1CCCCC1. The molecule has 2 aliphatic carbocycles. The first-order chi connectivity index (χ1) is 6.59. The van der Waals surface area contributed by atoms with Gasteiger partial charge in [0, 0.05) is 12.0 Å². The topological polar surface area (TPSA) is 29.1 Å². The standard InChI is InChI=1S/C12H21NO/c1-12(2)8-10(12)11(14)13-9-6-4-3-5-7-9/h9-10H,3-8H2,1-2H3,(H,13,14). The van der Waals surface area contributed by atoms with Crippen molar-refractivity contribution in [1.82, 2.24) is 5.32 Å². The Morgan fingerprint density at radius 1 is 1.21 bits per heavy atom. The predicted molar refractivity (Wildman–Crippen MR) is 56.9 cm³/mol. The van der Waals surface area contributed by atoms with Crippen LogP contribution in [0.1, 0.15) is 52.4 Å². The third kappa shape index (κ3) is 2.10. The molecule has 0 aromatic rings. The van der Waals surface area contributed by atoms with E-state index in [4.69, 9.17) is 0 Å². The summed E-state index contributed by atoms with van der Waals surface area (Å²) in [6.07, 6.45) is 7.39. The van der Waals surface area contributed by atoms with Crippen LogP contribution in [0.5, 0.6) is 0 Å². The zero-order chi connectivity index (χ0) is 10.2. The minimum atomic E-state index is 0.277. The molecule has 0 saturated heterocycles. The number of hydrogen-bond acceptors (Lipinski definition) is 1. The number of rotatable bonds is 2. The van der Waals surface area contributed by atoms with Crippen LogP contribution in [-0.4, -0.2) is 11.9 Å². The summed E-state index contributed by atoms with van der Waals surface area (Å²) in [6.45, 7) is 4.36. The molecule has 0 aromatic carbocycles. The summed E-state index contributed by atoms with van der Waals surface area (Å²) in [6, 6.07) is 0.479. The fourth-order valence-corrected chi connectivity index (χ4v) is 2.46. The molecule has 2 nitrogen and oxygen atoms in total. The van der Waals surface area contributed by atoms with Gasteiger partial charge in [-0.25, -0.2) is 0 Å². The van der Waals surface area contributed by atoms with E-state index in [0.29, 0.717) is 17.9 Å². The molecule has 14 heavy (non-hydrogen) atoms. The molecular formula is C12H21NO. The van der Waals surface area contributed by atoms with E-state index in [2.05, 4.69) is 19.2 Å². The lowest BCUT2D eigenvalue weighted by atomic mass is 9.95. The minimum absolute atomic E-state index is 0.277. The van der Waals surface area contributed by atoms with Crippen LogP contribution in [0.25, 0.3) is 0 Å². The molecule has 1 amide bonds. The lowest BCUT2D eigenvalue weighted by Gasteiger charge is -2.23. The van der Waals surface area contributed by atoms with Gasteiger partial charge in [-0.3, -0.25) is 4.79 Å². The highest BCUT2D eigenvalue weighted by atomic mass is 16.2. The van der Waals surface area contributed by atoms with Crippen molar-refractivity contribution < 1.29 is 4.79 Å². The van der Waals surface area contributed by atoms with Crippen LogP contribution in [0.3, 0.4) is 0 Å². The first-order valence-electron chi connectivity index (χ1n) is 5.90. The Hall–Kier alpha value is -0.530. The molecule has 0 aromatic heterocycles. The Morgan fingerprint density at radius 2 is 1.79 bits per heavy atom. The second-order valence-electron chi connectivity index (χ2n) is 5.59. The Kier molecular flexibility index (Phi) is 2.54. The zero-order valence-corrected chi connectivity index (χ0v) is 9.31. The summed E-state index contributed by atoms with van der Waals surface area (Å²) in [5.74, 6) is 0.603. The Balaban J connectivity index is 1.77. The summed E-state index contributed by atoms with van der Waals surface area (Å²) >= 11 is 0. The highest BCUT2D eigenvalue weighted by molar-refractivity contribution is 5.82. The Bertz CT molecular complexity index is 228. The van der Waals surface area contributed by atoms with Gasteiger partial charge in [-0.1, -0.05) is 33.1 Å². The second-order valence-corrected chi connectivity index (χ2v) is 5.59. The molecule has 0 bridgehead atoms. The van der Waals surface area contributed by atoms with E-state index in [1.165, 1.54) is 32.1 Å². The minimum Gasteiger partial charge on any atom is -0.353 e. The molecule has 0 spiro atoms. The average Bonchev–Trinajstić information content (AvgIpc) is 2.77. The molecular weight excluding hydrogens is 174 g/mol. The molecule has 1 N–H and O–H groups in total. The van der Waals surface area contributed by atoms with Crippen LogP contribution in [0.2, 0.25) is 0 Å². The molecule has 0 aliphatic heterocycles. The van der Waals surface area contributed by atoms with Crippen LogP contribution < -0.4 is 5.32 Å². The van der Waals surface area contributed by atoms with Crippen LogP contribution in [-0.2, 0) is 4.79 Å². The van der Waals surface area contributed by atoms with Crippen LogP contribution >= 0.6 is 0 Å². The van der Waals surface area contributed by atoms with Crippen molar-refractivity contribution in [2.24, 2.45) is 11.3 Å². The first-order valence-corrected chi connectivity index (χ1v) is 5.90. The average molecular weight is 195 g/mol. The lowest BCUT2D eigenvalue weighted by Crippen LogP contribution is -2.37. The molecule has 2 saturated carbocycles. The van der Waals surface area contributed by atoms with Gasteiger partial charge in [0.25, 0.3) is 0 Å². The number of hydrogen-bond donors (Lipinski definition) is 1. The van der Waals surface area contributed by atoms with Crippen LogP contribution in [0.4, 0.5) is 0 Å². The number of amides is 1. The van der Waals surface area contributed by atoms with Gasteiger partial charge >= 0.3 is 0 Å². The van der Waals surface area contributed by atoms with Gasteiger partial charge in [-0.2, -0.15) is 0 Å². The Labute approximate surface area is 86.5 Å². The van der Waals surface area contributed by atoms with E-state index < -0.39 is 0 Å². The molecule has 0 radical (unpaired) electrons. The maximum absolute atomic E-state index is 11.8. The second kappa shape index (κ2) is 3.56. The van der Waals surface area contributed by atoms with E-state index in [-0.39, 0.29) is 5.41 Å². The summed E-state index contributed by atoms with van der Waals surface area (Å²) in [5.41, 5.74) is 0.277. The third-order valence-electron chi connectivity index (χ3n) is 3.78. The van der Waals surface area contributed by atoms with Crippen molar-refractivity contribution in [3.63, 3.8) is 0 Å². The van der Waals surface area contributed by atoms with E-state index in [9.17, 15) is 4.79 Å². The summed E-state index contributed by atoms with van der Waals surface area (Å²) in [7, 11) is 0. The first kappa shape index (κ1) is 10.0. The van der Waals surface area contributed by atoms with Crippen molar-refractivity contribution >= 4 is 5.91 Å². The normalized spacial score (nSPS) is 31.1. The fourth-order valence-electron chi connectivity index (χ4n) is 2.46. The number of nitrogens with one attached hydrogen (secondary N) is 1. The highest BCUT2D eigenvalue weighted by Crippen LogP contribution is 2.51. The van der Waals surface area contributed by atoms with Crippen molar-refractivity contribution in [2.45, 2.75) is 58.4 Å². The van der Waals surface area contributed by atoms with E-state index in [0.717, 1.165) is 6.42 Å². The molecule has 1 unspecified atom stereocenters. The number of carbonyl (C=O) groups is 1. The molecule has 2 fully saturated rings. The molecule has 0 heterocycles. The van der Waals surface area contributed by atoms with Gasteiger partial charge in [0.05, 0.1) is 0 Å². The van der Waals surface area contributed by atoms with E-state index >= 15 is 0 Å². The van der Waals surface area contributed by atoms with Gasteiger partial charge in [0.1, 0.15) is 0 Å². The molecule has 80 valence electrons.